The monoisotopic (exact) mass is 243 g/mol. The van der Waals surface area contributed by atoms with Crippen LogP contribution < -0.4 is 0 Å². The van der Waals surface area contributed by atoms with Gasteiger partial charge in [0.05, 0.1) is 0 Å². The van der Waals surface area contributed by atoms with Gasteiger partial charge in [0.2, 0.25) is 0 Å². The molecule has 6 atom stereocenters. The Morgan fingerprint density at radius 2 is 1.67 bits per heavy atom. The average Bonchev–Trinajstić information content (AvgIpc) is 2.86. The van der Waals surface area contributed by atoms with Crippen LogP contribution in [0.3, 0.4) is 0 Å². The Hall–Kier alpha value is -0.260. The van der Waals surface area contributed by atoms with Gasteiger partial charge in [-0.05, 0) is 86.9 Å². The van der Waals surface area contributed by atoms with Crippen LogP contribution in [0.15, 0.2) is 12.2 Å². The van der Waals surface area contributed by atoms with Gasteiger partial charge in [-0.3, -0.25) is 0 Å². The normalized spacial score (nSPS) is 51.4. The Labute approximate surface area is 112 Å². The smallest absolute Gasteiger partial charge is 0.0146 e. The Morgan fingerprint density at radius 3 is 2.61 bits per heavy atom. The van der Waals surface area contributed by atoms with E-state index in [2.05, 4.69) is 13.0 Å². The van der Waals surface area contributed by atoms with Crippen LogP contribution in [-0.4, -0.2) is 0 Å². The molecule has 0 aliphatic heterocycles. The second kappa shape index (κ2) is 4.39. The third kappa shape index (κ3) is 1.63. The lowest BCUT2D eigenvalue weighted by molar-refractivity contribution is 0.00828. The molecule has 0 aromatic carbocycles. The van der Waals surface area contributed by atoms with Crippen LogP contribution in [0.5, 0.6) is 0 Å². The fourth-order valence-electron chi connectivity index (χ4n) is 6.25. The van der Waals surface area contributed by atoms with Crippen LogP contribution >= 0.6 is 0 Å². The van der Waals surface area contributed by atoms with Crippen molar-refractivity contribution in [1.82, 2.24) is 0 Å². The largest absolute Gasteiger partial charge is 0.0995 e. The van der Waals surface area contributed by atoms with Crippen LogP contribution in [0.4, 0.5) is 0 Å². The number of rotatable bonds is 0. The van der Waals surface area contributed by atoms with Gasteiger partial charge in [0.1, 0.15) is 0 Å². The maximum absolute atomic E-state index is 4.44. The first kappa shape index (κ1) is 11.6. The topological polar surface area (TPSA) is 0 Å². The first-order valence-electron chi connectivity index (χ1n) is 8.34. The molecule has 18 heavy (non-hydrogen) atoms. The molecule has 0 heteroatoms. The van der Waals surface area contributed by atoms with Gasteiger partial charge in [0, 0.05) is 0 Å². The van der Waals surface area contributed by atoms with Crippen molar-refractivity contribution in [1.29, 1.82) is 0 Å². The summed E-state index contributed by atoms with van der Waals surface area (Å²) in [5.41, 5.74) is 1.59. The van der Waals surface area contributed by atoms with E-state index >= 15 is 0 Å². The molecule has 4 saturated carbocycles. The molecule has 0 N–H and O–H groups in total. The Bertz CT molecular complexity index is 342. The van der Waals surface area contributed by atoms with Crippen molar-refractivity contribution in [3.63, 3.8) is 0 Å². The molecule has 0 aromatic heterocycles. The van der Waals surface area contributed by atoms with Crippen molar-refractivity contribution in [3.05, 3.63) is 18.6 Å². The van der Waals surface area contributed by atoms with Gasteiger partial charge < -0.3 is 0 Å². The first-order valence-corrected chi connectivity index (χ1v) is 8.34. The van der Waals surface area contributed by atoms with Crippen molar-refractivity contribution in [3.8, 4) is 0 Å². The Balaban J connectivity index is 1.60. The maximum Gasteiger partial charge on any atom is -0.0146 e. The Kier molecular flexibility index (Phi) is 2.82. The van der Waals surface area contributed by atoms with E-state index < -0.39 is 0 Å². The van der Waals surface area contributed by atoms with E-state index in [9.17, 15) is 0 Å². The molecular formula is C18H27. The van der Waals surface area contributed by atoms with E-state index in [0.717, 1.165) is 35.5 Å². The number of hydrogen-bond donors (Lipinski definition) is 0. The van der Waals surface area contributed by atoms with Gasteiger partial charge in [-0.1, -0.05) is 25.0 Å². The zero-order chi connectivity index (χ0) is 12.1. The van der Waals surface area contributed by atoms with Crippen molar-refractivity contribution < 1.29 is 0 Å². The standard InChI is InChI=1S/C18H27/c1-12-4-2-6-14-9-10-16-15-7-3-5-13(15)8-11-17(16)18(12)14/h2,13-18H,1,3-11H2. The van der Waals surface area contributed by atoms with E-state index in [1.165, 1.54) is 32.1 Å². The summed E-state index contributed by atoms with van der Waals surface area (Å²) >= 11 is 0. The fraction of sp³-hybridized carbons (Fsp3) is 0.833. The van der Waals surface area contributed by atoms with Gasteiger partial charge in [-0.15, -0.1) is 0 Å². The third-order valence-electron chi connectivity index (χ3n) is 6.88. The molecule has 0 spiro atoms. The molecule has 0 nitrogen and oxygen atoms in total. The summed E-state index contributed by atoms with van der Waals surface area (Å²) in [4.78, 5) is 0. The zero-order valence-electron chi connectivity index (χ0n) is 11.6. The van der Waals surface area contributed by atoms with Gasteiger partial charge >= 0.3 is 0 Å². The van der Waals surface area contributed by atoms with Crippen LogP contribution in [0.1, 0.15) is 57.8 Å². The summed E-state index contributed by atoms with van der Waals surface area (Å²) in [6.07, 6.45) is 15.9. The quantitative estimate of drug-likeness (QED) is 0.525. The SMILES string of the molecule is C=C1C[CH]CC2CCC3C4CCCC4CCC3C12. The predicted octanol–water partition coefficient (Wildman–Crippen LogP) is 5.01. The molecule has 0 heterocycles. The maximum atomic E-state index is 4.44. The molecule has 0 bridgehead atoms. The molecule has 0 saturated heterocycles. The molecule has 4 rings (SSSR count). The highest BCUT2D eigenvalue weighted by molar-refractivity contribution is 5.16. The minimum absolute atomic E-state index is 0.912. The van der Waals surface area contributed by atoms with E-state index in [-0.39, 0.29) is 0 Å². The van der Waals surface area contributed by atoms with Gasteiger partial charge in [0.25, 0.3) is 0 Å². The van der Waals surface area contributed by atoms with E-state index in [0.29, 0.717) is 0 Å². The molecule has 1 radical (unpaired) electrons. The summed E-state index contributed by atoms with van der Waals surface area (Å²) in [5, 5.41) is 0. The number of fused-ring (bicyclic) bond motifs is 5. The lowest BCUT2D eigenvalue weighted by atomic mass is 9.53. The van der Waals surface area contributed by atoms with Crippen molar-refractivity contribution in [2.75, 3.05) is 0 Å². The second-order valence-electron chi connectivity index (χ2n) is 7.51. The van der Waals surface area contributed by atoms with Crippen molar-refractivity contribution in [2.45, 2.75) is 57.8 Å². The molecule has 4 aliphatic rings. The summed E-state index contributed by atoms with van der Waals surface area (Å²) in [7, 11) is 0. The molecular weight excluding hydrogens is 216 g/mol. The second-order valence-corrected chi connectivity index (χ2v) is 7.51. The number of allylic oxidation sites excluding steroid dienone is 1. The number of hydrogen-bond acceptors (Lipinski definition) is 0. The summed E-state index contributed by atoms with van der Waals surface area (Å²) < 4.78 is 0. The van der Waals surface area contributed by atoms with Gasteiger partial charge in [-0.25, -0.2) is 0 Å². The lowest BCUT2D eigenvalue weighted by Gasteiger charge is -2.52. The third-order valence-corrected chi connectivity index (χ3v) is 6.88. The van der Waals surface area contributed by atoms with Gasteiger partial charge in [-0.2, -0.15) is 0 Å². The molecule has 0 amide bonds. The van der Waals surface area contributed by atoms with Gasteiger partial charge in [0.15, 0.2) is 0 Å². The molecule has 6 unspecified atom stereocenters. The van der Waals surface area contributed by atoms with E-state index in [1.807, 2.05) is 0 Å². The molecule has 4 fully saturated rings. The summed E-state index contributed by atoms with van der Waals surface area (Å²) in [5.74, 6) is 6.24. The lowest BCUT2D eigenvalue weighted by Crippen LogP contribution is -2.44. The molecule has 99 valence electrons. The summed E-state index contributed by atoms with van der Waals surface area (Å²) in [6, 6.07) is 0. The fourth-order valence-corrected chi connectivity index (χ4v) is 6.25. The van der Waals surface area contributed by atoms with Crippen LogP contribution in [-0.2, 0) is 0 Å². The highest BCUT2D eigenvalue weighted by Gasteiger charge is 2.49. The van der Waals surface area contributed by atoms with Crippen molar-refractivity contribution >= 4 is 0 Å². The zero-order valence-corrected chi connectivity index (χ0v) is 11.6. The van der Waals surface area contributed by atoms with Crippen LogP contribution in [0.25, 0.3) is 0 Å². The van der Waals surface area contributed by atoms with Crippen molar-refractivity contribution in [2.24, 2.45) is 35.5 Å². The van der Waals surface area contributed by atoms with Crippen LogP contribution in [0.2, 0.25) is 0 Å². The molecule has 4 aliphatic carbocycles. The molecule has 0 aromatic rings. The minimum Gasteiger partial charge on any atom is -0.0995 e. The average molecular weight is 243 g/mol. The Morgan fingerprint density at radius 1 is 0.833 bits per heavy atom. The first-order chi connectivity index (χ1) is 8.84. The van der Waals surface area contributed by atoms with E-state index in [1.54, 1.807) is 31.3 Å². The summed E-state index contributed by atoms with van der Waals surface area (Å²) in [6.45, 7) is 4.44. The highest BCUT2D eigenvalue weighted by atomic mass is 14.5. The van der Waals surface area contributed by atoms with E-state index in [4.69, 9.17) is 0 Å². The highest BCUT2D eigenvalue weighted by Crippen LogP contribution is 2.58. The minimum atomic E-state index is 0.912. The van der Waals surface area contributed by atoms with Crippen LogP contribution in [0, 0.1) is 41.9 Å². The predicted molar refractivity (Wildman–Crippen MR) is 75.9 cm³/mol.